The Hall–Kier alpha value is -1.85. The van der Waals surface area contributed by atoms with Crippen LogP contribution >= 0.6 is 12.4 Å². The molecule has 1 aromatic carbocycles. The number of halogens is 1. The maximum absolute atomic E-state index is 12.4. The van der Waals surface area contributed by atoms with E-state index in [0.29, 0.717) is 11.6 Å². The summed E-state index contributed by atoms with van der Waals surface area (Å²) < 4.78 is 1.73. The number of nitrogens with one attached hydrogen (secondary N) is 1. The standard InChI is InChI=1S/C15H18N4O.ClH/c1-12-10-18(8-7-16-12)15(20)13-9-17-19(11-13)14-5-3-2-4-6-14;/h2-6,9,11-12,16H,7-8,10H2,1H3;1H/t12-;/m1./s1. The summed E-state index contributed by atoms with van der Waals surface area (Å²) in [6, 6.07) is 10.1. The third-order valence-corrected chi connectivity index (χ3v) is 3.51. The van der Waals surface area contributed by atoms with Gasteiger partial charge < -0.3 is 10.2 Å². The van der Waals surface area contributed by atoms with Crippen molar-refractivity contribution >= 4 is 18.3 Å². The smallest absolute Gasteiger partial charge is 0.257 e. The van der Waals surface area contributed by atoms with Crippen molar-refractivity contribution in [3.05, 3.63) is 48.3 Å². The quantitative estimate of drug-likeness (QED) is 0.919. The van der Waals surface area contributed by atoms with Crippen LogP contribution in [0.2, 0.25) is 0 Å². The Labute approximate surface area is 130 Å². The van der Waals surface area contributed by atoms with E-state index in [1.54, 1.807) is 17.1 Å². The second kappa shape index (κ2) is 6.74. The van der Waals surface area contributed by atoms with Gasteiger partial charge in [-0.25, -0.2) is 4.68 Å². The summed E-state index contributed by atoms with van der Waals surface area (Å²) in [7, 11) is 0. The van der Waals surface area contributed by atoms with Gasteiger partial charge in [0, 0.05) is 31.9 Å². The zero-order chi connectivity index (χ0) is 13.9. The molecule has 0 bridgehead atoms. The Kier molecular flexibility index (Phi) is 4.98. The summed E-state index contributed by atoms with van der Waals surface area (Å²) in [6.07, 6.45) is 3.44. The molecule has 2 heterocycles. The molecule has 112 valence electrons. The summed E-state index contributed by atoms with van der Waals surface area (Å²) in [4.78, 5) is 14.3. The van der Waals surface area contributed by atoms with E-state index >= 15 is 0 Å². The predicted octanol–water partition coefficient (Wildman–Crippen LogP) is 1.73. The molecule has 2 aromatic rings. The number of hydrogen-bond donors (Lipinski definition) is 1. The van der Waals surface area contributed by atoms with Crippen LogP contribution in [0.1, 0.15) is 17.3 Å². The molecule has 1 fully saturated rings. The summed E-state index contributed by atoms with van der Waals surface area (Å²) in [5.41, 5.74) is 1.60. The molecule has 1 aliphatic rings. The number of piperazine rings is 1. The molecule has 1 aliphatic heterocycles. The lowest BCUT2D eigenvalue weighted by atomic mass is 10.2. The van der Waals surface area contributed by atoms with E-state index in [4.69, 9.17) is 0 Å². The zero-order valence-corrected chi connectivity index (χ0v) is 12.7. The Morgan fingerprint density at radius 2 is 2.10 bits per heavy atom. The summed E-state index contributed by atoms with van der Waals surface area (Å²) in [6.45, 7) is 4.43. The van der Waals surface area contributed by atoms with Gasteiger partial charge in [-0.2, -0.15) is 5.10 Å². The second-order valence-corrected chi connectivity index (χ2v) is 5.12. The van der Waals surface area contributed by atoms with Crippen LogP contribution in [0.5, 0.6) is 0 Å². The average molecular weight is 307 g/mol. The van der Waals surface area contributed by atoms with E-state index < -0.39 is 0 Å². The zero-order valence-electron chi connectivity index (χ0n) is 11.9. The third kappa shape index (κ3) is 3.43. The van der Waals surface area contributed by atoms with E-state index in [-0.39, 0.29) is 18.3 Å². The molecular formula is C15H19ClN4O. The van der Waals surface area contributed by atoms with Crippen LogP contribution in [0.15, 0.2) is 42.7 Å². The van der Waals surface area contributed by atoms with Crippen LogP contribution in [0, 0.1) is 0 Å². The number of rotatable bonds is 2. The first-order valence-corrected chi connectivity index (χ1v) is 6.87. The Balaban J connectivity index is 0.00000161. The molecule has 1 saturated heterocycles. The molecule has 5 nitrogen and oxygen atoms in total. The molecule has 0 unspecified atom stereocenters. The van der Waals surface area contributed by atoms with Crippen LogP contribution in [0.25, 0.3) is 5.69 Å². The highest BCUT2D eigenvalue weighted by molar-refractivity contribution is 5.94. The molecule has 0 saturated carbocycles. The molecule has 21 heavy (non-hydrogen) atoms. The van der Waals surface area contributed by atoms with Crippen LogP contribution in [-0.4, -0.2) is 46.3 Å². The molecule has 3 rings (SSSR count). The molecule has 0 radical (unpaired) electrons. The van der Waals surface area contributed by atoms with Crippen molar-refractivity contribution in [1.82, 2.24) is 20.0 Å². The fourth-order valence-electron chi connectivity index (χ4n) is 2.45. The SMILES string of the molecule is C[C@@H]1CN(C(=O)c2cnn(-c3ccccc3)c2)CCN1.Cl. The van der Waals surface area contributed by atoms with E-state index in [2.05, 4.69) is 17.3 Å². The number of hydrogen-bond acceptors (Lipinski definition) is 3. The van der Waals surface area contributed by atoms with Crippen LogP contribution < -0.4 is 5.32 Å². The molecule has 1 amide bonds. The van der Waals surface area contributed by atoms with Gasteiger partial charge in [0.25, 0.3) is 5.91 Å². The van der Waals surface area contributed by atoms with Gasteiger partial charge in [-0.3, -0.25) is 4.79 Å². The van der Waals surface area contributed by atoms with Crippen molar-refractivity contribution in [2.75, 3.05) is 19.6 Å². The van der Waals surface area contributed by atoms with Gasteiger partial charge in [0.05, 0.1) is 17.4 Å². The molecule has 1 atom stereocenters. The van der Waals surface area contributed by atoms with E-state index in [1.807, 2.05) is 35.2 Å². The number of benzene rings is 1. The fourth-order valence-corrected chi connectivity index (χ4v) is 2.45. The number of amides is 1. The maximum atomic E-state index is 12.4. The van der Waals surface area contributed by atoms with Crippen molar-refractivity contribution in [3.63, 3.8) is 0 Å². The monoisotopic (exact) mass is 306 g/mol. The molecule has 0 aliphatic carbocycles. The minimum Gasteiger partial charge on any atom is -0.336 e. The molecule has 1 aromatic heterocycles. The number of para-hydroxylation sites is 1. The normalized spacial score (nSPS) is 18.1. The molecular weight excluding hydrogens is 288 g/mol. The molecule has 1 N–H and O–H groups in total. The first-order chi connectivity index (χ1) is 9.74. The van der Waals surface area contributed by atoms with Crippen molar-refractivity contribution < 1.29 is 4.79 Å². The highest BCUT2D eigenvalue weighted by Crippen LogP contribution is 2.11. The first kappa shape index (κ1) is 15.5. The van der Waals surface area contributed by atoms with Gasteiger partial charge in [-0.1, -0.05) is 18.2 Å². The largest absolute Gasteiger partial charge is 0.336 e. The summed E-state index contributed by atoms with van der Waals surface area (Å²) in [5, 5.41) is 7.61. The lowest BCUT2D eigenvalue weighted by molar-refractivity contribution is 0.0709. The first-order valence-electron chi connectivity index (χ1n) is 6.87. The Morgan fingerprint density at radius 3 is 2.81 bits per heavy atom. The molecule has 6 heteroatoms. The Bertz CT molecular complexity index is 599. The second-order valence-electron chi connectivity index (χ2n) is 5.12. The number of aromatic nitrogens is 2. The van der Waals surface area contributed by atoms with Crippen molar-refractivity contribution in [2.24, 2.45) is 0 Å². The van der Waals surface area contributed by atoms with E-state index in [9.17, 15) is 4.79 Å². The third-order valence-electron chi connectivity index (χ3n) is 3.51. The van der Waals surface area contributed by atoms with Gasteiger partial charge in [0.1, 0.15) is 0 Å². The van der Waals surface area contributed by atoms with Gasteiger partial charge >= 0.3 is 0 Å². The topological polar surface area (TPSA) is 50.2 Å². The van der Waals surface area contributed by atoms with Gasteiger partial charge in [-0.15, -0.1) is 12.4 Å². The highest BCUT2D eigenvalue weighted by atomic mass is 35.5. The minimum absolute atomic E-state index is 0. The lowest BCUT2D eigenvalue weighted by Gasteiger charge is -2.31. The van der Waals surface area contributed by atoms with Crippen LogP contribution in [0.3, 0.4) is 0 Å². The van der Waals surface area contributed by atoms with Gasteiger partial charge in [0.15, 0.2) is 0 Å². The van der Waals surface area contributed by atoms with Gasteiger partial charge in [-0.05, 0) is 19.1 Å². The van der Waals surface area contributed by atoms with Crippen molar-refractivity contribution in [3.8, 4) is 5.69 Å². The number of carbonyl (C=O) groups excluding carboxylic acids is 1. The summed E-state index contributed by atoms with van der Waals surface area (Å²) in [5.74, 6) is 0.0560. The molecule has 0 spiro atoms. The summed E-state index contributed by atoms with van der Waals surface area (Å²) >= 11 is 0. The van der Waals surface area contributed by atoms with Crippen molar-refractivity contribution in [2.45, 2.75) is 13.0 Å². The highest BCUT2D eigenvalue weighted by Gasteiger charge is 2.22. The van der Waals surface area contributed by atoms with Crippen LogP contribution in [0.4, 0.5) is 0 Å². The van der Waals surface area contributed by atoms with Gasteiger partial charge in [0.2, 0.25) is 0 Å². The average Bonchev–Trinajstić information content (AvgIpc) is 2.97. The Morgan fingerprint density at radius 1 is 1.33 bits per heavy atom. The lowest BCUT2D eigenvalue weighted by Crippen LogP contribution is -2.51. The van der Waals surface area contributed by atoms with Crippen LogP contribution in [-0.2, 0) is 0 Å². The van der Waals surface area contributed by atoms with Crippen molar-refractivity contribution in [1.29, 1.82) is 0 Å². The van der Waals surface area contributed by atoms with E-state index in [1.165, 1.54) is 0 Å². The maximum Gasteiger partial charge on any atom is 0.257 e. The van der Waals surface area contributed by atoms with E-state index in [0.717, 1.165) is 25.3 Å². The number of carbonyl (C=O) groups is 1. The predicted molar refractivity (Wildman–Crippen MR) is 84.2 cm³/mol. The minimum atomic E-state index is 0. The number of nitrogens with zero attached hydrogens (tertiary/aromatic N) is 3. The fraction of sp³-hybridized carbons (Fsp3) is 0.333.